The number of nitrogens with zero attached hydrogens (tertiary/aromatic N) is 2. The summed E-state index contributed by atoms with van der Waals surface area (Å²) >= 11 is 1.14. The quantitative estimate of drug-likeness (QED) is 0.631. The molecular formula is C16H25N5O4S. The van der Waals surface area contributed by atoms with E-state index in [2.05, 4.69) is 20.8 Å². The molecule has 0 radical (unpaired) electrons. The molecule has 0 unspecified atom stereocenters. The smallest absolute Gasteiger partial charge is 0.344 e. The molecule has 10 heteroatoms. The van der Waals surface area contributed by atoms with Crippen molar-refractivity contribution in [3.05, 3.63) is 10.5 Å². The highest BCUT2D eigenvalue weighted by Crippen LogP contribution is 2.22. The van der Waals surface area contributed by atoms with Crippen LogP contribution in [0.1, 0.15) is 45.4 Å². The van der Waals surface area contributed by atoms with Crippen LogP contribution in [-0.4, -0.2) is 50.7 Å². The van der Waals surface area contributed by atoms with E-state index in [4.69, 9.17) is 4.74 Å². The van der Waals surface area contributed by atoms with Crippen LogP contribution >= 0.6 is 11.8 Å². The zero-order valence-corrected chi connectivity index (χ0v) is 15.6. The molecule has 3 amide bonds. The first kappa shape index (κ1) is 19.0. The second-order valence-corrected chi connectivity index (χ2v) is 8.07. The molecule has 1 saturated carbocycles. The largest absolute Gasteiger partial charge is 0.376 e. The molecule has 2 fully saturated rings. The molecule has 26 heavy (non-hydrogen) atoms. The molecule has 1 aliphatic carbocycles. The summed E-state index contributed by atoms with van der Waals surface area (Å²) in [5, 5.41) is 11.4. The van der Waals surface area contributed by atoms with Crippen molar-refractivity contribution in [3.8, 4) is 0 Å². The van der Waals surface area contributed by atoms with E-state index in [0.29, 0.717) is 18.3 Å². The fourth-order valence-corrected chi connectivity index (χ4v) is 4.13. The van der Waals surface area contributed by atoms with Gasteiger partial charge in [-0.1, -0.05) is 24.6 Å². The van der Waals surface area contributed by atoms with E-state index >= 15 is 0 Å². The van der Waals surface area contributed by atoms with Crippen LogP contribution in [-0.2, 0) is 16.1 Å². The lowest BCUT2D eigenvalue weighted by atomic mass is 10.2. The number of thioether (sulfide) groups is 1. The predicted molar refractivity (Wildman–Crippen MR) is 96.1 cm³/mol. The Balaban J connectivity index is 1.53. The Morgan fingerprint density at radius 3 is 2.81 bits per heavy atom. The Labute approximate surface area is 155 Å². The molecule has 0 bridgehead atoms. The minimum absolute atomic E-state index is 0.00836. The SMILES string of the molecule is C[C@@H](Sc1n[nH]c(=O)n1C[C@H]1CCCO1)C(=O)NC(=O)NC1CCCC1. The van der Waals surface area contributed by atoms with Gasteiger partial charge in [0.15, 0.2) is 5.16 Å². The van der Waals surface area contributed by atoms with E-state index in [-0.39, 0.29) is 17.8 Å². The van der Waals surface area contributed by atoms with Gasteiger partial charge in [0.25, 0.3) is 0 Å². The highest BCUT2D eigenvalue weighted by molar-refractivity contribution is 8.00. The third-order valence-corrected chi connectivity index (χ3v) is 5.80. The standard InChI is InChI=1S/C16H25N5O4S/c1-10(13(22)18-14(23)17-11-5-2-3-6-11)26-16-20-19-15(24)21(16)9-12-7-4-8-25-12/h10-12H,2-9H2,1H3,(H,19,24)(H2,17,18,22,23)/t10-,12-/m1/s1. The zero-order chi connectivity index (χ0) is 18.5. The van der Waals surface area contributed by atoms with E-state index in [1.54, 1.807) is 6.92 Å². The number of hydrogen-bond acceptors (Lipinski definition) is 6. The lowest BCUT2D eigenvalue weighted by molar-refractivity contribution is -0.119. The number of carbonyl (C=O) groups is 2. The van der Waals surface area contributed by atoms with Gasteiger partial charge in [-0.2, -0.15) is 0 Å². The summed E-state index contributed by atoms with van der Waals surface area (Å²) in [5.41, 5.74) is -0.324. The second kappa shape index (κ2) is 8.72. The Kier molecular flexibility index (Phi) is 6.36. The maximum atomic E-state index is 12.3. The number of rotatable bonds is 6. The maximum absolute atomic E-state index is 12.3. The van der Waals surface area contributed by atoms with E-state index in [9.17, 15) is 14.4 Å². The molecular weight excluding hydrogens is 358 g/mol. The van der Waals surface area contributed by atoms with Crippen LogP contribution < -0.4 is 16.3 Å². The first-order valence-electron chi connectivity index (χ1n) is 9.07. The summed E-state index contributed by atoms with van der Waals surface area (Å²) in [5.74, 6) is -0.412. The summed E-state index contributed by atoms with van der Waals surface area (Å²) in [4.78, 5) is 36.1. The monoisotopic (exact) mass is 383 g/mol. The molecule has 2 atom stereocenters. The fraction of sp³-hybridized carbons (Fsp3) is 0.750. The van der Waals surface area contributed by atoms with Crippen LogP contribution in [0.5, 0.6) is 0 Å². The summed E-state index contributed by atoms with van der Waals surface area (Å²) < 4.78 is 7.05. The zero-order valence-electron chi connectivity index (χ0n) is 14.8. The van der Waals surface area contributed by atoms with Crippen LogP contribution in [0.3, 0.4) is 0 Å². The molecule has 3 N–H and O–H groups in total. The van der Waals surface area contributed by atoms with Gasteiger partial charge in [-0.3, -0.25) is 14.7 Å². The normalized spacial score (nSPS) is 21.7. The highest BCUT2D eigenvalue weighted by Gasteiger charge is 2.24. The molecule has 0 aromatic carbocycles. The van der Waals surface area contributed by atoms with Gasteiger partial charge in [0.05, 0.1) is 17.9 Å². The number of nitrogens with one attached hydrogen (secondary N) is 3. The number of urea groups is 1. The van der Waals surface area contributed by atoms with Crippen molar-refractivity contribution < 1.29 is 14.3 Å². The minimum atomic E-state index is -0.567. The van der Waals surface area contributed by atoms with Crippen LogP contribution in [0, 0.1) is 0 Å². The van der Waals surface area contributed by atoms with Gasteiger partial charge in [0.2, 0.25) is 5.91 Å². The number of H-pyrrole nitrogens is 1. The van der Waals surface area contributed by atoms with Gasteiger partial charge in [-0.15, -0.1) is 5.10 Å². The van der Waals surface area contributed by atoms with Crippen molar-refractivity contribution in [1.82, 2.24) is 25.4 Å². The molecule has 1 aromatic rings. The van der Waals surface area contributed by atoms with E-state index in [1.165, 1.54) is 4.57 Å². The summed E-state index contributed by atoms with van der Waals surface area (Å²) in [6.07, 6.45) is 5.99. The molecule has 2 aliphatic rings. The van der Waals surface area contributed by atoms with Crippen molar-refractivity contribution in [1.29, 1.82) is 0 Å². The lowest BCUT2D eigenvalue weighted by Crippen LogP contribution is -2.46. The molecule has 1 aliphatic heterocycles. The number of imide groups is 1. The first-order valence-corrected chi connectivity index (χ1v) is 9.95. The van der Waals surface area contributed by atoms with Crippen molar-refractivity contribution in [2.24, 2.45) is 0 Å². The van der Waals surface area contributed by atoms with Crippen molar-refractivity contribution in [2.45, 2.75) is 74.5 Å². The van der Waals surface area contributed by atoms with Crippen molar-refractivity contribution in [2.75, 3.05) is 6.61 Å². The van der Waals surface area contributed by atoms with Crippen molar-refractivity contribution >= 4 is 23.7 Å². The molecule has 2 heterocycles. The van der Waals surface area contributed by atoms with Gasteiger partial charge >= 0.3 is 11.7 Å². The third kappa shape index (κ3) is 4.88. The lowest BCUT2D eigenvalue weighted by Gasteiger charge is -2.15. The molecule has 9 nitrogen and oxygen atoms in total. The Morgan fingerprint density at radius 2 is 2.12 bits per heavy atom. The summed E-state index contributed by atoms with van der Waals surface area (Å²) in [6, 6.07) is -0.318. The van der Waals surface area contributed by atoms with Crippen LogP contribution in [0.4, 0.5) is 4.79 Å². The van der Waals surface area contributed by atoms with Gasteiger partial charge in [-0.25, -0.2) is 14.7 Å². The van der Waals surface area contributed by atoms with Crippen LogP contribution in [0.2, 0.25) is 0 Å². The van der Waals surface area contributed by atoms with Crippen LogP contribution in [0.25, 0.3) is 0 Å². The number of carbonyl (C=O) groups excluding carboxylic acids is 2. The van der Waals surface area contributed by atoms with Gasteiger partial charge in [0.1, 0.15) is 0 Å². The first-order chi connectivity index (χ1) is 12.5. The van der Waals surface area contributed by atoms with Gasteiger partial charge < -0.3 is 10.1 Å². The number of hydrogen-bond donors (Lipinski definition) is 3. The summed E-state index contributed by atoms with van der Waals surface area (Å²) in [7, 11) is 0. The topological polar surface area (TPSA) is 118 Å². The van der Waals surface area contributed by atoms with E-state index in [1.807, 2.05) is 0 Å². The Hall–Kier alpha value is -1.81. The van der Waals surface area contributed by atoms with E-state index in [0.717, 1.165) is 50.3 Å². The number of aromatic amines is 1. The molecule has 144 valence electrons. The molecule has 0 spiro atoms. The highest BCUT2D eigenvalue weighted by atomic mass is 32.2. The Bertz CT molecular complexity index is 691. The average molecular weight is 383 g/mol. The van der Waals surface area contributed by atoms with Crippen molar-refractivity contribution in [3.63, 3.8) is 0 Å². The third-order valence-electron chi connectivity index (χ3n) is 4.71. The Morgan fingerprint density at radius 1 is 1.35 bits per heavy atom. The van der Waals surface area contributed by atoms with E-state index < -0.39 is 17.2 Å². The number of aromatic nitrogens is 3. The second-order valence-electron chi connectivity index (χ2n) is 6.76. The minimum Gasteiger partial charge on any atom is -0.376 e. The predicted octanol–water partition coefficient (Wildman–Crippen LogP) is 0.999. The molecule has 1 aromatic heterocycles. The molecule has 3 rings (SSSR count). The average Bonchev–Trinajstić information content (AvgIpc) is 3.34. The maximum Gasteiger partial charge on any atom is 0.344 e. The van der Waals surface area contributed by atoms with Gasteiger partial charge in [0, 0.05) is 12.6 Å². The number of amides is 3. The fourth-order valence-electron chi connectivity index (χ4n) is 3.26. The molecule has 1 saturated heterocycles. The summed E-state index contributed by atoms with van der Waals surface area (Å²) in [6.45, 7) is 2.79. The van der Waals surface area contributed by atoms with Crippen LogP contribution in [0.15, 0.2) is 9.95 Å². The van der Waals surface area contributed by atoms with Gasteiger partial charge in [-0.05, 0) is 32.6 Å². The number of ether oxygens (including phenoxy) is 1.